The molecule has 0 heterocycles. The van der Waals surface area contributed by atoms with Crippen LogP contribution in [0.2, 0.25) is 0 Å². The first-order chi connectivity index (χ1) is 11.9. The highest BCUT2D eigenvalue weighted by Crippen LogP contribution is 2.45. The number of rotatable bonds is 3. The normalized spacial score (nSPS) is 13.4. The smallest absolute Gasteiger partial charge is 0.347 e. The van der Waals surface area contributed by atoms with Gasteiger partial charge in [0.1, 0.15) is 0 Å². The lowest BCUT2D eigenvalue weighted by Gasteiger charge is -2.61. The maximum absolute atomic E-state index is 13.9. The zero-order chi connectivity index (χ0) is 21.6. The molecular weight excluding hydrogens is 346 g/mol. The molecule has 6 nitrogen and oxygen atoms in total. The van der Waals surface area contributed by atoms with Gasteiger partial charge in [0.2, 0.25) is 0 Å². The average Bonchev–Trinajstić information content (AvgIpc) is 2.42. The third-order valence-electron chi connectivity index (χ3n) is 5.00. The summed E-state index contributed by atoms with van der Waals surface area (Å²) in [6.45, 7) is 17.8. The van der Waals surface area contributed by atoms with Crippen LogP contribution >= 0.6 is 0 Å². The van der Waals surface area contributed by atoms with Crippen LogP contribution in [0, 0.1) is 0 Å². The molecule has 1 rings (SSSR count). The number of carbonyl (C=O) groups excluding carboxylic acids is 1. The molecule has 0 bridgehead atoms. The number of quaternary nitrogens is 1. The highest BCUT2D eigenvalue weighted by Gasteiger charge is 2.62. The molecule has 2 N–H and O–H groups in total. The van der Waals surface area contributed by atoms with E-state index in [0.29, 0.717) is 0 Å². The van der Waals surface area contributed by atoms with E-state index in [1.807, 2.05) is 62.3 Å². The van der Waals surface area contributed by atoms with E-state index in [0.717, 1.165) is 6.07 Å². The number of aromatic carboxylic acids is 2. The molecule has 0 fully saturated rings. The van der Waals surface area contributed by atoms with Crippen LogP contribution in [0.3, 0.4) is 0 Å². The summed E-state index contributed by atoms with van der Waals surface area (Å²) >= 11 is 0. The first-order valence-electron chi connectivity index (χ1n) is 8.94. The average molecular weight is 378 g/mol. The number of carboxylic acids is 2. The first-order valence-corrected chi connectivity index (χ1v) is 8.94. The fourth-order valence-corrected chi connectivity index (χ4v) is 5.12. The summed E-state index contributed by atoms with van der Waals surface area (Å²) in [6.07, 6.45) is 0. The Morgan fingerprint density at radius 1 is 0.630 bits per heavy atom. The van der Waals surface area contributed by atoms with Gasteiger partial charge in [0.15, 0.2) is 0 Å². The zero-order valence-electron chi connectivity index (χ0n) is 17.8. The van der Waals surface area contributed by atoms with Crippen LogP contribution in [0.4, 0.5) is 0 Å². The second-order valence-corrected chi connectivity index (χ2v) is 9.90. The van der Waals surface area contributed by atoms with Crippen molar-refractivity contribution < 1.29 is 29.1 Å². The summed E-state index contributed by atoms with van der Waals surface area (Å²) in [5.41, 5.74) is -1.93. The molecule has 0 aliphatic heterocycles. The van der Waals surface area contributed by atoms with E-state index in [-0.39, 0.29) is 27.1 Å². The largest absolute Gasteiger partial charge is 0.478 e. The van der Waals surface area contributed by atoms with Crippen molar-refractivity contribution in [2.45, 2.75) is 78.9 Å². The quantitative estimate of drug-likeness (QED) is 0.759. The topological polar surface area (TPSA) is 91.7 Å². The van der Waals surface area contributed by atoms with E-state index in [1.54, 1.807) is 0 Å². The van der Waals surface area contributed by atoms with Crippen molar-refractivity contribution in [2.75, 3.05) is 0 Å². The SMILES string of the molecule is CC(C)(C)[N+](C(=O)c1cc(C(=O)O)cc(C(=O)O)c1)(C(C)(C)C)C(C)(C)C. The second kappa shape index (κ2) is 6.75. The van der Waals surface area contributed by atoms with Gasteiger partial charge in [0.05, 0.1) is 33.3 Å². The molecule has 1 amide bonds. The van der Waals surface area contributed by atoms with Crippen molar-refractivity contribution in [1.82, 2.24) is 0 Å². The van der Waals surface area contributed by atoms with Gasteiger partial charge in [-0.05, 0) is 80.5 Å². The maximum Gasteiger partial charge on any atom is 0.347 e. The fourth-order valence-electron chi connectivity index (χ4n) is 5.12. The predicted molar refractivity (Wildman–Crippen MR) is 104 cm³/mol. The molecule has 0 aliphatic rings. The minimum Gasteiger partial charge on any atom is -0.478 e. The minimum absolute atomic E-state index is 0.00906. The standard InChI is InChI=1S/C21H31NO5/c1-19(2,3)22(20(4,5)6,21(7,8)9)16(23)13-10-14(17(24)25)12-15(11-13)18(26)27/h10-12H,1-9H3,(H-,24,25,26,27)/p+1. The third-order valence-corrected chi connectivity index (χ3v) is 5.00. The van der Waals surface area contributed by atoms with E-state index in [4.69, 9.17) is 0 Å². The van der Waals surface area contributed by atoms with E-state index in [2.05, 4.69) is 0 Å². The van der Waals surface area contributed by atoms with Crippen LogP contribution in [-0.2, 0) is 0 Å². The van der Waals surface area contributed by atoms with Crippen molar-refractivity contribution in [3.05, 3.63) is 34.9 Å². The van der Waals surface area contributed by atoms with Crippen molar-refractivity contribution in [1.29, 1.82) is 0 Å². The Kier molecular flexibility index (Phi) is 5.71. The van der Waals surface area contributed by atoms with E-state index in [1.165, 1.54) is 12.1 Å². The number of carboxylic acid groups (broad SMARTS) is 2. The van der Waals surface area contributed by atoms with E-state index >= 15 is 0 Å². The van der Waals surface area contributed by atoms with Crippen molar-refractivity contribution in [2.24, 2.45) is 0 Å². The highest BCUT2D eigenvalue weighted by molar-refractivity contribution is 5.99. The van der Waals surface area contributed by atoms with Crippen LogP contribution in [-0.4, -0.2) is 49.2 Å². The van der Waals surface area contributed by atoms with Gasteiger partial charge in [-0.25, -0.2) is 18.9 Å². The Morgan fingerprint density at radius 3 is 1.11 bits per heavy atom. The molecule has 0 aliphatic carbocycles. The third kappa shape index (κ3) is 3.76. The summed E-state index contributed by atoms with van der Waals surface area (Å²) in [7, 11) is 0. The van der Waals surface area contributed by atoms with Gasteiger partial charge in [-0.1, -0.05) is 0 Å². The predicted octanol–water partition coefficient (Wildman–Crippen LogP) is 4.44. The summed E-state index contributed by atoms with van der Waals surface area (Å²) in [5.74, 6) is -2.84. The summed E-state index contributed by atoms with van der Waals surface area (Å²) in [4.78, 5) is 36.9. The molecule has 6 heteroatoms. The number of nitrogens with zero attached hydrogens (tertiary/aromatic N) is 1. The Labute approximate surface area is 161 Å². The molecule has 1 aromatic rings. The van der Waals surface area contributed by atoms with Crippen molar-refractivity contribution in [3.8, 4) is 0 Å². The lowest BCUT2D eigenvalue weighted by atomic mass is 9.80. The molecule has 0 unspecified atom stereocenters. The summed E-state index contributed by atoms with van der Waals surface area (Å²) in [5, 5.41) is 18.7. The van der Waals surface area contributed by atoms with Gasteiger partial charge < -0.3 is 10.2 Å². The number of carbonyl (C=O) groups is 3. The number of hydrogen-bond donors (Lipinski definition) is 2. The molecule has 0 atom stereocenters. The van der Waals surface area contributed by atoms with Gasteiger partial charge in [-0.15, -0.1) is 0 Å². The highest BCUT2D eigenvalue weighted by atomic mass is 16.4. The van der Waals surface area contributed by atoms with Crippen LogP contribution in [0.5, 0.6) is 0 Å². The van der Waals surface area contributed by atoms with Gasteiger partial charge >= 0.3 is 17.8 Å². The zero-order valence-corrected chi connectivity index (χ0v) is 17.8. The Balaban J connectivity index is 3.96. The number of hydrogen-bond acceptors (Lipinski definition) is 3. The maximum atomic E-state index is 13.9. The summed E-state index contributed by atoms with van der Waals surface area (Å²) < 4.78 is 0.00906. The molecule has 0 aromatic heterocycles. The van der Waals surface area contributed by atoms with Crippen molar-refractivity contribution in [3.63, 3.8) is 0 Å². The van der Waals surface area contributed by atoms with Crippen molar-refractivity contribution >= 4 is 17.8 Å². The van der Waals surface area contributed by atoms with E-state index < -0.39 is 28.6 Å². The van der Waals surface area contributed by atoms with E-state index in [9.17, 15) is 24.6 Å². The monoisotopic (exact) mass is 378 g/mol. The molecule has 0 saturated carbocycles. The molecular formula is C21H32NO5+. The molecule has 0 spiro atoms. The number of amides is 1. The Hall–Kier alpha value is -2.21. The lowest BCUT2D eigenvalue weighted by Crippen LogP contribution is -2.78. The molecule has 27 heavy (non-hydrogen) atoms. The molecule has 0 saturated heterocycles. The summed E-state index contributed by atoms with van der Waals surface area (Å²) in [6, 6.07) is 3.61. The minimum atomic E-state index is -1.27. The van der Waals surface area contributed by atoms with Gasteiger partial charge in [0.25, 0.3) is 0 Å². The van der Waals surface area contributed by atoms with Crippen LogP contribution in [0.25, 0.3) is 0 Å². The first kappa shape index (κ1) is 22.8. The Bertz CT molecular complexity index is 705. The molecule has 1 aromatic carbocycles. The Morgan fingerprint density at radius 2 is 0.889 bits per heavy atom. The van der Waals surface area contributed by atoms with Gasteiger partial charge in [-0.3, -0.25) is 0 Å². The molecule has 150 valence electrons. The second-order valence-electron chi connectivity index (χ2n) is 9.90. The lowest BCUT2D eigenvalue weighted by molar-refractivity contribution is -0.978. The number of benzene rings is 1. The molecule has 0 radical (unpaired) electrons. The van der Waals surface area contributed by atoms with Crippen LogP contribution in [0.15, 0.2) is 18.2 Å². The van der Waals surface area contributed by atoms with Crippen LogP contribution in [0.1, 0.15) is 93.4 Å². The van der Waals surface area contributed by atoms with Gasteiger partial charge in [-0.2, -0.15) is 0 Å². The fraction of sp³-hybridized carbons (Fsp3) is 0.571. The van der Waals surface area contributed by atoms with Gasteiger partial charge in [0, 0.05) is 0 Å². The van der Waals surface area contributed by atoms with Crippen LogP contribution < -0.4 is 0 Å².